The van der Waals surface area contributed by atoms with Gasteiger partial charge in [-0.1, -0.05) is 18.2 Å². The lowest BCUT2D eigenvalue weighted by atomic mass is 10.1. The van der Waals surface area contributed by atoms with E-state index in [0.29, 0.717) is 18.7 Å². The van der Waals surface area contributed by atoms with Crippen LogP contribution in [0.2, 0.25) is 0 Å². The molecule has 3 aromatic rings. The van der Waals surface area contributed by atoms with E-state index < -0.39 is 0 Å². The van der Waals surface area contributed by atoms with E-state index in [0.717, 1.165) is 79.4 Å². The molecule has 0 spiro atoms. The van der Waals surface area contributed by atoms with Crippen molar-refractivity contribution in [3.8, 4) is 5.75 Å². The predicted molar refractivity (Wildman–Crippen MR) is 143 cm³/mol. The number of benzene rings is 2. The monoisotopic (exact) mass is 501 g/mol. The average molecular weight is 502 g/mol. The van der Waals surface area contributed by atoms with Crippen LogP contribution in [-0.4, -0.2) is 70.7 Å². The Balaban J connectivity index is 1.22. The van der Waals surface area contributed by atoms with Crippen LogP contribution in [0.5, 0.6) is 5.75 Å². The van der Waals surface area contributed by atoms with Gasteiger partial charge in [0.05, 0.1) is 19.3 Å². The summed E-state index contributed by atoms with van der Waals surface area (Å²) >= 11 is 0. The minimum absolute atomic E-state index is 0.0245. The van der Waals surface area contributed by atoms with Gasteiger partial charge in [-0.2, -0.15) is 5.10 Å². The Morgan fingerprint density at radius 3 is 2.57 bits per heavy atom. The molecule has 2 aromatic carbocycles. The Kier molecular flexibility index (Phi) is 7.28. The first-order chi connectivity index (χ1) is 17.9. The van der Waals surface area contributed by atoms with Gasteiger partial charge >= 0.3 is 0 Å². The number of hydrogen-bond acceptors (Lipinski definition) is 5. The Morgan fingerprint density at radius 2 is 1.81 bits per heavy atom. The Hall–Kier alpha value is -3.65. The third-order valence-corrected chi connectivity index (χ3v) is 7.48. The highest BCUT2D eigenvalue weighted by atomic mass is 16.5. The number of carbonyl (C=O) groups is 2. The van der Waals surface area contributed by atoms with Crippen molar-refractivity contribution >= 4 is 17.5 Å². The Labute approximate surface area is 218 Å². The summed E-state index contributed by atoms with van der Waals surface area (Å²) in [6.07, 6.45) is 3.54. The van der Waals surface area contributed by atoms with E-state index in [1.807, 2.05) is 71.0 Å². The van der Waals surface area contributed by atoms with Gasteiger partial charge in [-0.05, 0) is 48.7 Å². The molecule has 2 aliphatic heterocycles. The van der Waals surface area contributed by atoms with Gasteiger partial charge in [0, 0.05) is 75.6 Å². The van der Waals surface area contributed by atoms with Crippen molar-refractivity contribution in [3.05, 3.63) is 76.6 Å². The second-order valence-electron chi connectivity index (χ2n) is 9.97. The summed E-state index contributed by atoms with van der Waals surface area (Å²) in [7, 11) is 1.95. The molecule has 1 saturated heterocycles. The number of amides is 2. The molecule has 0 radical (unpaired) electrons. The van der Waals surface area contributed by atoms with Crippen molar-refractivity contribution in [1.29, 1.82) is 0 Å². The highest BCUT2D eigenvalue weighted by Crippen LogP contribution is 2.32. The average Bonchev–Trinajstić information content (AvgIpc) is 3.14. The first kappa shape index (κ1) is 25.0. The van der Waals surface area contributed by atoms with Crippen LogP contribution in [0, 0.1) is 6.92 Å². The summed E-state index contributed by atoms with van der Waals surface area (Å²) in [5, 5.41) is 4.42. The summed E-state index contributed by atoms with van der Waals surface area (Å²) in [4.78, 5) is 31.4. The molecule has 8 nitrogen and oxygen atoms in total. The summed E-state index contributed by atoms with van der Waals surface area (Å²) in [5.74, 6) is 0.939. The summed E-state index contributed by atoms with van der Waals surface area (Å²) in [6, 6.07) is 13.8. The number of ether oxygens (including phenoxy) is 1. The molecule has 1 fully saturated rings. The maximum Gasteiger partial charge on any atom is 0.258 e. The molecule has 0 N–H and O–H groups in total. The maximum absolute atomic E-state index is 13.7. The molecule has 2 amide bonds. The second-order valence-corrected chi connectivity index (χ2v) is 9.97. The van der Waals surface area contributed by atoms with Crippen molar-refractivity contribution < 1.29 is 14.3 Å². The van der Waals surface area contributed by atoms with Crippen LogP contribution in [0.25, 0.3) is 0 Å². The number of para-hydroxylation sites is 1. The van der Waals surface area contributed by atoms with Gasteiger partial charge in [-0.15, -0.1) is 0 Å². The lowest BCUT2D eigenvalue weighted by Gasteiger charge is -2.34. The lowest BCUT2D eigenvalue weighted by Crippen LogP contribution is -2.48. The van der Waals surface area contributed by atoms with Crippen LogP contribution in [0.4, 0.5) is 5.69 Å². The van der Waals surface area contributed by atoms with Crippen LogP contribution >= 0.6 is 0 Å². The van der Waals surface area contributed by atoms with Crippen LogP contribution in [0.3, 0.4) is 0 Å². The van der Waals surface area contributed by atoms with E-state index in [9.17, 15) is 9.59 Å². The summed E-state index contributed by atoms with van der Waals surface area (Å²) in [6.45, 7) is 9.11. The summed E-state index contributed by atoms with van der Waals surface area (Å²) < 4.78 is 7.97. The van der Waals surface area contributed by atoms with Gasteiger partial charge in [0.25, 0.3) is 5.91 Å². The molecule has 0 unspecified atom stereocenters. The van der Waals surface area contributed by atoms with Gasteiger partial charge in [-0.3, -0.25) is 19.2 Å². The van der Waals surface area contributed by atoms with Gasteiger partial charge in [0.2, 0.25) is 5.91 Å². The molecular weight excluding hydrogens is 466 g/mol. The molecule has 37 heavy (non-hydrogen) atoms. The number of aromatic nitrogens is 2. The molecule has 194 valence electrons. The zero-order chi connectivity index (χ0) is 25.9. The molecule has 0 atom stereocenters. The number of carbonyl (C=O) groups excluding carboxylic acids is 2. The number of hydrogen-bond donors (Lipinski definition) is 0. The number of anilines is 1. The number of fused-ring (bicyclic) bond motifs is 2. The molecule has 0 bridgehead atoms. The molecule has 0 saturated carbocycles. The van der Waals surface area contributed by atoms with Crippen LogP contribution in [0.1, 0.15) is 46.1 Å². The minimum atomic E-state index is -0.0245. The second kappa shape index (κ2) is 10.8. The normalized spacial score (nSPS) is 15.6. The van der Waals surface area contributed by atoms with E-state index in [1.54, 1.807) is 6.92 Å². The number of nitrogens with zero attached hydrogens (tertiary/aromatic N) is 5. The molecular formula is C29H35N5O3. The van der Waals surface area contributed by atoms with Gasteiger partial charge in [0.15, 0.2) is 0 Å². The first-order valence-corrected chi connectivity index (χ1v) is 13.0. The van der Waals surface area contributed by atoms with Crippen LogP contribution < -0.4 is 9.64 Å². The van der Waals surface area contributed by atoms with Crippen molar-refractivity contribution in [2.24, 2.45) is 7.05 Å². The van der Waals surface area contributed by atoms with E-state index in [2.05, 4.69) is 16.1 Å². The van der Waals surface area contributed by atoms with Gasteiger partial charge in [0.1, 0.15) is 5.75 Å². The third-order valence-electron chi connectivity index (χ3n) is 7.48. The standard InChI is InChI=1S/C29H35N5O3/c1-21-17-24(9-10-28(21)37-16-6-11-32-12-14-33(15-13-32)22(2)35)29(36)34-20-25-19-30-31(3)27(25)18-23-7-4-5-8-26(23)34/h4-5,7-10,17,19H,6,11-16,18,20H2,1-3H3. The zero-order valence-corrected chi connectivity index (χ0v) is 21.9. The number of aryl methyl sites for hydroxylation is 2. The maximum atomic E-state index is 13.7. The SMILES string of the molecule is CC(=O)N1CCN(CCCOc2ccc(C(=O)N3Cc4cnn(C)c4Cc4ccccc43)cc2C)CC1. The van der Waals surface area contributed by atoms with Crippen molar-refractivity contribution in [1.82, 2.24) is 19.6 Å². The highest BCUT2D eigenvalue weighted by Gasteiger charge is 2.27. The fraction of sp³-hybridized carbons (Fsp3) is 0.414. The topological polar surface area (TPSA) is 70.9 Å². The Bertz CT molecular complexity index is 1290. The van der Waals surface area contributed by atoms with Crippen molar-refractivity contribution in [3.63, 3.8) is 0 Å². The summed E-state index contributed by atoms with van der Waals surface area (Å²) in [5.41, 5.74) is 5.89. The zero-order valence-electron chi connectivity index (χ0n) is 21.9. The minimum Gasteiger partial charge on any atom is -0.493 e. The molecule has 2 aliphatic rings. The molecule has 3 heterocycles. The molecule has 1 aromatic heterocycles. The highest BCUT2D eigenvalue weighted by molar-refractivity contribution is 6.06. The smallest absolute Gasteiger partial charge is 0.258 e. The van der Waals surface area contributed by atoms with E-state index in [-0.39, 0.29) is 11.8 Å². The largest absolute Gasteiger partial charge is 0.493 e. The molecule has 8 heteroatoms. The lowest BCUT2D eigenvalue weighted by molar-refractivity contribution is -0.130. The fourth-order valence-corrected chi connectivity index (χ4v) is 5.27. The molecule has 5 rings (SSSR count). The third kappa shape index (κ3) is 5.39. The molecule has 0 aliphatic carbocycles. The first-order valence-electron chi connectivity index (χ1n) is 13.0. The van der Waals surface area contributed by atoms with E-state index >= 15 is 0 Å². The predicted octanol–water partition coefficient (Wildman–Crippen LogP) is 3.41. The number of piperazine rings is 1. The van der Waals surface area contributed by atoms with E-state index in [4.69, 9.17) is 4.74 Å². The fourth-order valence-electron chi connectivity index (χ4n) is 5.27. The number of rotatable bonds is 6. The van der Waals surface area contributed by atoms with Crippen LogP contribution in [-0.2, 0) is 24.8 Å². The Morgan fingerprint density at radius 1 is 1.03 bits per heavy atom. The van der Waals surface area contributed by atoms with Gasteiger partial charge in [-0.25, -0.2) is 0 Å². The van der Waals surface area contributed by atoms with Gasteiger partial charge < -0.3 is 14.5 Å². The van der Waals surface area contributed by atoms with Crippen LogP contribution in [0.15, 0.2) is 48.7 Å². The quantitative estimate of drug-likeness (QED) is 0.484. The van der Waals surface area contributed by atoms with Crippen molar-refractivity contribution in [2.45, 2.75) is 33.2 Å². The van der Waals surface area contributed by atoms with E-state index in [1.165, 1.54) is 0 Å². The van der Waals surface area contributed by atoms with Crippen molar-refractivity contribution in [2.75, 3.05) is 44.2 Å².